The highest BCUT2D eigenvalue weighted by Gasteiger charge is 2.41. The minimum Gasteiger partial charge on any atom is -0.479 e. The summed E-state index contributed by atoms with van der Waals surface area (Å²) in [7, 11) is -9.20. The molecule has 54 heavy (non-hydrogen) atoms. The number of carbonyl (C=O) groups is 2. The number of likely N-dealkylation sites (tertiary alicyclic amines) is 1. The summed E-state index contributed by atoms with van der Waals surface area (Å²) in [5.41, 5.74) is 1.37. The molecule has 1 N–H and O–H groups in total. The monoisotopic (exact) mass is 805 g/mol. The van der Waals surface area contributed by atoms with Gasteiger partial charge in [0.25, 0.3) is 20.0 Å². The second kappa shape index (κ2) is 15.8. The smallest absolute Gasteiger partial charge is 0.332 e. The third-order valence-corrected chi connectivity index (χ3v) is 13.9. The van der Waals surface area contributed by atoms with E-state index in [4.69, 9.17) is 23.2 Å². The van der Waals surface area contributed by atoms with Gasteiger partial charge in [-0.3, -0.25) is 9.10 Å². The van der Waals surface area contributed by atoms with E-state index in [9.17, 15) is 31.5 Å². The molecule has 1 aliphatic rings. The van der Waals surface area contributed by atoms with Crippen LogP contribution >= 0.6 is 23.2 Å². The fourth-order valence-electron chi connectivity index (χ4n) is 6.87. The predicted molar refractivity (Wildman–Crippen MR) is 210 cm³/mol. The van der Waals surface area contributed by atoms with E-state index in [-0.39, 0.29) is 38.3 Å². The van der Waals surface area contributed by atoms with Gasteiger partial charge < -0.3 is 10.0 Å². The van der Waals surface area contributed by atoms with Crippen molar-refractivity contribution < 1.29 is 31.5 Å². The summed E-state index contributed by atoms with van der Waals surface area (Å²) in [4.78, 5) is 28.7. The summed E-state index contributed by atoms with van der Waals surface area (Å²) in [5.74, 6) is -1.97. The van der Waals surface area contributed by atoms with Crippen molar-refractivity contribution in [3.8, 4) is 0 Å². The van der Waals surface area contributed by atoms with Crippen molar-refractivity contribution in [1.29, 1.82) is 0 Å². The zero-order chi connectivity index (χ0) is 38.8. The Morgan fingerprint density at radius 2 is 1.31 bits per heavy atom. The number of anilines is 2. The highest BCUT2D eigenvalue weighted by Crippen LogP contribution is 2.39. The van der Waals surface area contributed by atoms with Gasteiger partial charge in [-0.25, -0.2) is 25.9 Å². The van der Waals surface area contributed by atoms with Crippen molar-refractivity contribution in [2.24, 2.45) is 0 Å². The van der Waals surface area contributed by atoms with Gasteiger partial charge in [0.15, 0.2) is 6.04 Å². The number of carboxylic acids is 1. The Hall–Kier alpha value is -4.88. The van der Waals surface area contributed by atoms with Gasteiger partial charge in [0.1, 0.15) is 6.54 Å². The normalized spacial score (nSPS) is 15.1. The molecule has 14 heteroatoms. The van der Waals surface area contributed by atoms with Gasteiger partial charge in [0.05, 0.1) is 27.2 Å². The van der Waals surface area contributed by atoms with E-state index in [0.717, 1.165) is 27.0 Å². The average Bonchev–Trinajstić information content (AvgIpc) is 3.65. The van der Waals surface area contributed by atoms with Crippen molar-refractivity contribution in [1.82, 2.24) is 4.90 Å². The fourth-order valence-corrected chi connectivity index (χ4v) is 10.6. The van der Waals surface area contributed by atoms with Crippen LogP contribution < -0.4 is 8.61 Å². The minimum absolute atomic E-state index is 0.00492. The lowest BCUT2D eigenvalue weighted by Crippen LogP contribution is -2.43. The number of hydrogen-bond donors (Lipinski definition) is 1. The molecule has 5 aromatic carbocycles. The molecule has 10 nitrogen and oxygen atoms in total. The maximum atomic E-state index is 14.9. The zero-order valence-electron chi connectivity index (χ0n) is 29.3. The summed E-state index contributed by atoms with van der Waals surface area (Å²) < 4.78 is 60.5. The third kappa shape index (κ3) is 7.70. The summed E-state index contributed by atoms with van der Waals surface area (Å²) in [6.45, 7) is 2.90. The number of carboxylic acid groups (broad SMARTS) is 1. The standard InChI is InChI=1S/C40H37Cl2N3O7S2/c1-27-10-6-7-15-36(27)54(51,52)45(33-23-19-31(42)20-24-33)39(40(47)48)34-13-8-16-37(28(34)2)53(49,50)44(32-21-17-30(41)18-22-32)26-38(46)43-25-9-14-35(43)29-11-4-3-5-12-29/h3-8,10-13,15-24,35,39H,9,14,25-26H2,1-2H3,(H,47,48). The number of benzene rings is 5. The summed E-state index contributed by atoms with van der Waals surface area (Å²) in [5, 5.41) is 11.5. The Morgan fingerprint density at radius 1 is 0.741 bits per heavy atom. The van der Waals surface area contributed by atoms with Crippen LogP contribution in [0.4, 0.5) is 11.4 Å². The number of nitrogens with zero attached hydrogens (tertiary/aromatic N) is 3. The summed E-state index contributed by atoms with van der Waals surface area (Å²) in [6.07, 6.45) is 1.46. The molecule has 1 fully saturated rings. The van der Waals surface area contributed by atoms with E-state index in [1.165, 1.54) is 85.8 Å². The Balaban J connectivity index is 1.47. The molecule has 2 atom stereocenters. The molecule has 0 bridgehead atoms. The predicted octanol–water partition coefficient (Wildman–Crippen LogP) is 8.19. The third-order valence-electron chi connectivity index (χ3n) is 9.52. The zero-order valence-corrected chi connectivity index (χ0v) is 32.5. The van der Waals surface area contributed by atoms with E-state index in [1.54, 1.807) is 24.0 Å². The van der Waals surface area contributed by atoms with Crippen LogP contribution in [0.2, 0.25) is 10.0 Å². The van der Waals surface area contributed by atoms with E-state index < -0.39 is 44.5 Å². The van der Waals surface area contributed by atoms with Crippen LogP contribution in [0.25, 0.3) is 0 Å². The maximum Gasteiger partial charge on any atom is 0.332 e. The molecule has 1 amide bonds. The lowest BCUT2D eigenvalue weighted by Gasteiger charge is -2.33. The second-order valence-corrected chi connectivity index (χ2v) is 17.4. The molecule has 6 rings (SSSR count). The Bertz CT molecular complexity index is 2390. The molecule has 0 radical (unpaired) electrons. The average molecular weight is 807 g/mol. The van der Waals surface area contributed by atoms with Gasteiger partial charge in [-0.1, -0.05) is 83.9 Å². The molecule has 1 heterocycles. The van der Waals surface area contributed by atoms with Crippen LogP contribution in [0.3, 0.4) is 0 Å². The highest BCUT2D eigenvalue weighted by molar-refractivity contribution is 7.93. The molecule has 0 saturated carbocycles. The van der Waals surface area contributed by atoms with Crippen LogP contribution in [-0.2, 0) is 29.6 Å². The van der Waals surface area contributed by atoms with Crippen molar-refractivity contribution in [2.75, 3.05) is 21.7 Å². The molecule has 0 spiro atoms. The molecule has 280 valence electrons. The first-order chi connectivity index (χ1) is 25.7. The van der Waals surface area contributed by atoms with E-state index in [2.05, 4.69) is 0 Å². The van der Waals surface area contributed by atoms with Gasteiger partial charge in [0, 0.05) is 16.6 Å². The largest absolute Gasteiger partial charge is 0.479 e. The van der Waals surface area contributed by atoms with E-state index >= 15 is 0 Å². The molecule has 2 unspecified atom stereocenters. The van der Waals surface area contributed by atoms with Gasteiger partial charge in [-0.15, -0.1) is 0 Å². The fraction of sp³-hybridized carbons (Fsp3) is 0.200. The van der Waals surface area contributed by atoms with Crippen LogP contribution in [0.1, 0.15) is 47.2 Å². The van der Waals surface area contributed by atoms with Gasteiger partial charge in [0.2, 0.25) is 5.91 Å². The molecule has 1 aliphatic heterocycles. The van der Waals surface area contributed by atoms with Crippen molar-refractivity contribution in [3.05, 3.63) is 154 Å². The minimum atomic E-state index is -4.61. The number of aryl methyl sites for hydroxylation is 1. The maximum absolute atomic E-state index is 14.9. The van der Waals surface area contributed by atoms with Crippen molar-refractivity contribution >= 4 is 66.5 Å². The summed E-state index contributed by atoms with van der Waals surface area (Å²) in [6, 6.07) is 29.3. The van der Waals surface area contributed by atoms with Crippen LogP contribution in [0.5, 0.6) is 0 Å². The SMILES string of the molecule is Cc1ccccc1S(=O)(=O)N(c1ccc(Cl)cc1)C(C(=O)O)c1cccc(S(=O)(=O)N(CC(=O)N2CCCC2c2ccccc2)c2ccc(Cl)cc2)c1C. The number of carbonyl (C=O) groups excluding carboxylic acids is 1. The van der Waals surface area contributed by atoms with E-state index in [0.29, 0.717) is 22.2 Å². The molecule has 5 aromatic rings. The van der Waals surface area contributed by atoms with Crippen LogP contribution in [-0.4, -0.2) is 51.8 Å². The van der Waals surface area contributed by atoms with Gasteiger partial charge in [-0.05, 0) is 110 Å². The number of hydrogen-bond acceptors (Lipinski definition) is 6. The van der Waals surface area contributed by atoms with Crippen molar-refractivity contribution in [2.45, 2.75) is 48.6 Å². The second-order valence-electron chi connectivity index (χ2n) is 12.9. The number of amides is 1. The number of aliphatic carboxylic acids is 1. The lowest BCUT2D eigenvalue weighted by molar-refractivity contribution is -0.138. The molecule has 1 saturated heterocycles. The molecule has 0 aliphatic carbocycles. The first kappa shape index (κ1) is 38.8. The quantitative estimate of drug-likeness (QED) is 0.135. The topological polar surface area (TPSA) is 132 Å². The Morgan fingerprint density at radius 3 is 1.93 bits per heavy atom. The first-order valence-electron chi connectivity index (χ1n) is 17.0. The highest BCUT2D eigenvalue weighted by atomic mass is 35.5. The van der Waals surface area contributed by atoms with Crippen LogP contribution in [0, 0.1) is 13.8 Å². The Labute approximate surface area is 325 Å². The number of halogens is 2. The van der Waals surface area contributed by atoms with E-state index in [1.807, 2.05) is 30.3 Å². The number of rotatable bonds is 12. The van der Waals surface area contributed by atoms with Gasteiger partial charge >= 0.3 is 5.97 Å². The number of sulfonamides is 2. The molecular formula is C40H37Cl2N3O7S2. The molecule has 0 aromatic heterocycles. The summed E-state index contributed by atoms with van der Waals surface area (Å²) >= 11 is 12.3. The van der Waals surface area contributed by atoms with Gasteiger partial charge in [-0.2, -0.15) is 0 Å². The first-order valence-corrected chi connectivity index (χ1v) is 20.7. The molecular weight excluding hydrogens is 769 g/mol. The lowest BCUT2D eigenvalue weighted by atomic mass is 10.0. The van der Waals surface area contributed by atoms with Crippen molar-refractivity contribution in [3.63, 3.8) is 0 Å². The Kier molecular flexibility index (Phi) is 11.4. The van der Waals surface area contributed by atoms with Crippen LogP contribution in [0.15, 0.2) is 131 Å².